The van der Waals surface area contributed by atoms with Crippen molar-refractivity contribution in [1.82, 2.24) is 9.88 Å². The number of carboxylic acid groups (broad SMARTS) is 1. The highest BCUT2D eigenvalue weighted by Crippen LogP contribution is 2.19. The summed E-state index contributed by atoms with van der Waals surface area (Å²) in [6.45, 7) is 0.0721. The number of aliphatic hydroxyl groups is 1. The van der Waals surface area contributed by atoms with Crippen LogP contribution >= 0.6 is 0 Å². The summed E-state index contributed by atoms with van der Waals surface area (Å²) < 4.78 is 0. The Kier molecular flexibility index (Phi) is 3.57. The molecule has 1 saturated heterocycles. The number of hydrogen-bond acceptors (Lipinski definition) is 4. The third-order valence-corrected chi connectivity index (χ3v) is 2.94. The summed E-state index contributed by atoms with van der Waals surface area (Å²) in [4.78, 5) is 28.2. The van der Waals surface area contributed by atoms with Gasteiger partial charge in [-0.3, -0.25) is 9.78 Å². The highest BCUT2D eigenvalue weighted by molar-refractivity contribution is 5.85. The van der Waals surface area contributed by atoms with E-state index in [1.54, 1.807) is 24.4 Å². The fourth-order valence-corrected chi connectivity index (χ4v) is 2.08. The largest absolute Gasteiger partial charge is 0.480 e. The molecular weight excluding hydrogens is 236 g/mol. The molecule has 0 radical (unpaired) electrons. The van der Waals surface area contributed by atoms with Crippen LogP contribution in [0.15, 0.2) is 24.4 Å². The summed E-state index contributed by atoms with van der Waals surface area (Å²) in [6, 6.07) is 4.29. The van der Waals surface area contributed by atoms with Gasteiger partial charge in [0.2, 0.25) is 5.91 Å². The Morgan fingerprint density at radius 3 is 2.83 bits per heavy atom. The van der Waals surface area contributed by atoms with E-state index in [-0.39, 0.29) is 25.3 Å². The standard InChI is InChI=1S/C12H14N2O4/c15-9-6-10(12(17)18)14(7-9)11(16)5-8-3-1-2-4-13-8/h1-4,9-10,15H,5-7H2,(H,17,18)/t9?,10-/m0/s1. The number of rotatable bonds is 3. The first kappa shape index (κ1) is 12.5. The molecule has 96 valence electrons. The van der Waals surface area contributed by atoms with Crippen LogP contribution in [0.25, 0.3) is 0 Å². The third kappa shape index (κ3) is 2.65. The normalized spacial score (nSPS) is 23.1. The van der Waals surface area contributed by atoms with Gasteiger partial charge in [0.15, 0.2) is 0 Å². The highest BCUT2D eigenvalue weighted by Gasteiger charge is 2.38. The molecule has 0 bridgehead atoms. The van der Waals surface area contributed by atoms with E-state index < -0.39 is 18.1 Å². The first-order chi connectivity index (χ1) is 8.58. The minimum absolute atomic E-state index is 0.0529. The minimum Gasteiger partial charge on any atom is -0.480 e. The van der Waals surface area contributed by atoms with Crippen molar-refractivity contribution in [3.05, 3.63) is 30.1 Å². The minimum atomic E-state index is -1.08. The van der Waals surface area contributed by atoms with Crippen LogP contribution < -0.4 is 0 Å². The number of likely N-dealkylation sites (tertiary alicyclic amines) is 1. The Morgan fingerprint density at radius 1 is 1.44 bits per heavy atom. The second-order valence-corrected chi connectivity index (χ2v) is 4.29. The van der Waals surface area contributed by atoms with Crippen molar-refractivity contribution in [2.45, 2.75) is 25.0 Å². The second-order valence-electron chi connectivity index (χ2n) is 4.29. The topological polar surface area (TPSA) is 90.7 Å². The molecule has 1 aromatic heterocycles. The van der Waals surface area contributed by atoms with Gasteiger partial charge in [-0.2, -0.15) is 0 Å². The zero-order chi connectivity index (χ0) is 13.1. The lowest BCUT2D eigenvalue weighted by Gasteiger charge is -2.20. The van der Waals surface area contributed by atoms with E-state index in [9.17, 15) is 14.7 Å². The van der Waals surface area contributed by atoms with Gasteiger partial charge in [-0.05, 0) is 12.1 Å². The molecule has 2 N–H and O–H groups in total. The van der Waals surface area contributed by atoms with Crippen molar-refractivity contribution in [3.8, 4) is 0 Å². The lowest BCUT2D eigenvalue weighted by Crippen LogP contribution is -2.41. The van der Waals surface area contributed by atoms with Crippen LogP contribution in [0.5, 0.6) is 0 Å². The van der Waals surface area contributed by atoms with Crippen LogP contribution in [0.1, 0.15) is 12.1 Å². The lowest BCUT2D eigenvalue weighted by molar-refractivity contribution is -0.148. The Morgan fingerprint density at radius 2 is 2.22 bits per heavy atom. The molecule has 0 saturated carbocycles. The maximum Gasteiger partial charge on any atom is 0.326 e. The van der Waals surface area contributed by atoms with Gasteiger partial charge in [-0.15, -0.1) is 0 Å². The molecule has 0 aromatic carbocycles. The van der Waals surface area contributed by atoms with Crippen molar-refractivity contribution in [1.29, 1.82) is 0 Å². The van der Waals surface area contributed by atoms with Crippen LogP contribution in [-0.2, 0) is 16.0 Å². The molecule has 6 heteroatoms. The number of aromatic nitrogens is 1. The van der Waals surface area contributed by atoms with E-state index in [0.29, 0.717) is 5.69 Å². The Balaban J connectivity index is 2.06. The fraction of sp³-hybridized carbons (Fsp3) is 0.417. The van der Waals surface area contributed by atoms with E-state index in [1.807, 2.05) is 0 Å². The van der Waals surface area contributed by atoms with Gasteiger partial charge in [0.1, 0.15) is 6.04 Å². The maximum absolute atomic E-state index is 12.0. The molecule has 0 spiro atoms. The molecule has 1 aromatic rings. The lowest BCUT2D eigenvalue weighted by atomic mass is 10.2. The van der Waals surface area contributed by atoms with E-state index in [2.05, 4.69) is 4.98 Å². The van der Waals surface area contributed by atoms with E-state index in [0.717, 1.165) is 0 Å². The number of hydrogen-bond donors (Lipinski definition) is 2. The number of amides is 1. The van der Waals surface area contributed by atoms with E-state index in [4.69, 9.17) is 5.11 Å². The molecule has 1 unspecified atom stereocenters. The molecule has 1 aliphatic heterocycles. The first-order valence-electron chi connectivity index (χ1n) is 5.68. The average molecular weight is 250 g/mol. The Hall–Kier alpha value is -1.95. The van der Waals surface area contributed by atoms with Gasteiger partial charge >= 0.3 is 5.97 Å². The van der Waals surface area contributed by atoms with Crippen LogP contribution in [0.3, 0.4) is 0 Å². The SMILES string of the molecule is O=C(O)[C@@H]1CC(O)CN1C(=O)Cc1ccccn1. The Bertz CT molecular complexity index is 449. The summed E-state index contributed by atoms with van der Waals surface area (Å²) in [5.74, 6) is -1.40. The molecule has 0 aliphatic carbocycles. The van der Waals surface area contributed by atoms with E-state index in [1.165, 1.54) is 4.90 Å². The smallest absolute Gasteiger partial charge is 0.326 e. The molecule has 6 nitrogen and oxygen atoms in total. The van der Waals surface area contributed by atoms with Gasteiger partial charge in [0, 0.05) is 24.9 Å². The summed E-state index contributed by atoms with van der Waals surface area (Å²) in [5, 5.41) is 18.5. The molecule has 2 rings (SSSR count). The second kappa shape index (κ2) is 5.14. The highest BCUT2D eigenvalue weighted by atomic mass is 16.4. The van der Waals surface area contributed by atoms with Crippen molar-refractivity contribution in [2.75, 3.05) is 6.54 Å². The van der Waals surface area contributed by atoms with Gasteiger partial charge in [0.05, 0.1) is 12.5 Å². The number of carboxylic acids is 1. The molecule has 18 heavy (non-hydrogen) atoms. The van der Waals surface area contributed by atoms with Crippen molar-refractivity contribution in [3.63, 3.8) is 0 Å². The molecule has 1 amide bonds. The van der Waals surface area contributed by atoms with Gasteiger partial charge in [0.25, 0.3) is 0 Å². The predicted molar refractivity (Wildman–Crippen MR) is 61.7 cm³/mol. The van der Waals surface area contributed by atoms with Crippen LogP contribution in [0.2, 0.25) is 0 Å². The van der Waals surface area contributed by atoms with Crippen LogP contribution in [0, 0.1) is 0 Å². The van der Waals surface area contributed by atoms with Gasteiger partial charge in [-0.25, -0.2) is 4.79 Å². The van der Waals surface area contributed by atoms with Crippen LogP contribution in [-0.4, -0.2) is 50.7 Å². The molecule has 2 heterocycles. The number of carbonyl (C=O) groups is 2. The number of aliphatic hydroxyl groups excluding tert-OH is 1. The number of carbonyl (C=O) groups excluding carboxylic acids is 1. The molecule has 1 fully saturated rings. The molecular formula is C12H14N2O4. The summed E-state index contributed by atoms with van der Waals surface area (Å²) in [7, 11) is 0. The zero-order valence-corrected chi connectivity index (χ0v) is 9.69. The number of pyridine rings is 1. The molecule has 2 atom stereocenters. The average Bonchev–Trinajstić information content (AvgIpc) is 2.73. The number of aliphatic carboxylic acids is 1. The predicted octanol–water partition coefficient (Wildman–Crippen LogP) is -0.330. The Labute approximate surface area is 104 Å². The molecule has 1 aliphatic rings. The first-order valence-corrected chi connectivity index (χ1v) is 5.68. The quantitative estimate of drug-likeness (QED) is 0.766. The van der Waals surface area contributed by atoms with Crippen molar-refractivity contribution >= 4 is 11.9 Å². The number of β-amino-alcohol motifs (C(OH)–C–C–N with tert-alkyl or cyclic N) is 1. The van der Waals surface area contributed by atoms with Crippen LogP contribution in [0.4, 0.5) is 0 Å². The van der Waals surface area contributed by atoms with Gasteiger partial charge < -0.3 is 15.1 Å². The van der Waals surface area contributed by atoms with Crippen molar-refractivity contribution < 1.29 is 19.8 Å². The maximum atomic E-state index is 12.0. The van der Waals surface area contributed by atoms with E-state index >= 15 is 0 Å². The monoisotopic (exact) mass is 250 g/mol. The van der Waals surface area contributed by atoms with Crippen molar-refractivity contribution in [2.24, 2.45) is 0 Å². The fourth-order valence-electron chi connectivity index (χ4n) is 2.08. The third-order valence-electron chi connectivity index (χ3n) is 2.94. The number of nitrogens with zero attached hydrogens (tertiary/aromatic N) is 2. The zero-order valence-electron chi connectivity index (χ0n) is 9.69. The summed E-state index contributed by atoms with van der Waals surface area (Å²) in [5.41, 5.74) is 0.591. The van der Waals surface area contributed by atoms with Gasteiger partial charge in [-0.1, -0.05) is 6.07 Å². The summed E-state index contributed by atoms with van der Waals surface area (Å²) in [6.07, 6.45) is 0.954. The summed E-state index contributed by atoms with van der Waals surface area (Å²) >= 11 is 0.